The Morgan fingerprint density at radius 1 is 1.21 bits per heavy atom. The van der Waals surface area contributed by atoms with E-state index in [2.05, 4.69) is 30.4 Å². The summed E-state index contributed by atoms with van der Waals surface area (Å²) in [6.07, 6.45) is -2.89. The minimum Gasteiger partial charge on any atom is -0.323 e. The van der Waals surface area contributed by atoms with Crippen LogP contribution in [0.4, 0.5) is 24.8 Å². The van der Waals surface area contributed by atoms with Gasteiger partial charge in [-0.05, 0) is 29.8 Å². The van der Waals surface area contributed by atoms with Crippen molar-refractivity contribution in [1.29, 1.82) is 0 Å². The summed E-state index contributed by atoms with van der Waals surface area (Å²) < 4.78 is 39.0. The van der Waals surface area contributed by atoms with Gasteiger partial charge in [-0.15, -0.1) is 5.10 Å². The monoisotopic (exact) mass is 334 g/mol. The number of anilines is 2. The molecule has 24 heavy (non-hydrogen) atoms. The Morgan fingerprint density at radius 3 is 2.62 bits per heavy atom. The molecule has 0 spiro atoms. The fourth-order valence-corrected chi connectivity index (χ4v) is 1.99. The summed E-state index contributed by atoms with van der Waals surface area (Å²) in [5.41, 5.74) is 8.50. The van der Waals surface area contributed by atoms with Crippen LogP contribution in [0.15, 0.2) is 41.6 Å². The molecule has 0 saturated heterocycles. The fourth-order valence-electron chi connectivity index (χ4n) is 1.99. The third-order valence-electron chi connectivity index (χ3n) is 3.07. The van der Waals surface area contributed by atoms with Crippen molar-refractivity contribution in [1.82, 2.24) is 19.6 Å². The maximum atomic E-state index is 12.5. The number of hydrogen-bond donors (Lipinski definition) is 1. The van der Waals surface area contributed by atoms with E-state index in [4.69, 9.17) is 5.53 Å². The van der Waals surface area contributed by atoms with Gasteiger partial charge in [0.15, 0.2) is 5.65 Å². The second-order valence-corrected chi connectivity index (χ2v) is 4.66. The second kappa shape index (κ2) is 6.05. The molecule has 8 nitrogen and oxygen atoms in total. The minimum absolute atomic E-state index is 0.00306. The van der Waals surface area contributed by atoms with Gasteiger partial charge in [0.1, 0.15) is 5.82 Å². The molecule has 122 valence electrons. The number of nitrogens with one attached hydrogen (secondary N) is 1. The molecule has 2 aromatic heterocycles. The van der Waals surface area contributed by atoms with Gasteiger partial charge in [-0.2, -0.15) is 22.7 Å². The first-order valence-electron chi connectivity index (χ1n) is 6.63. The largest absolute Gasteiger partial charge is 0.416 e. The highest BCUT2D eigenvalue weighted by molar-refractivity contribution is 5.56. The zero-order chi connectivity index (χ0) is 17.2. The maximum absolute atomic E-state index is 12.5. The van der Waals surface area contributed by atoms with E-state index in [1.54, 1.807) is 6.07 Å². The van der Waals surface area contributed by atoms with Crippen LogP contribution in [0.3, 0.4) is 0 Å². The van der Waals surface area contributed by atoms with Crippen LogP contribution < -0.4 is 5.32 Å². The second-order valence-electron chi connectivity index (χ2n) is 4.66. The number of rotatable bonds is 4. The van der Waals surface area contributed by atoms with Crippen molar-refractivity contribution in [3.63, 3.8) is 0 Å². The average Bonchev–Trinajstić information content (AvgIpc) is 2.95. The number of nitrogens with zero attached hydrogens (tertiary/aromatic N) is 7. The Morgan fingerprint density at radius 2 is 1.96 bits per heavy atom. The van der Waals surface area contributed by atoms with Gasteiger partial charge in [0.25, 0.3) is 0 Å². The molecular weight excluding hydrogens is 325 g/mol. The Labute approximate surface area is 132 Å². The van der Waals surface area contributed by atoms with Gasteiger partial charge >= 0.3 is 6.18 Å². The van der Waals surface area contributed by atoms with Gasteiger partial charge in [0, 0.05) is 22.9 Å². The van der Waals surface area contributed by atoms with Crippen molar-refractivity contribution >= 4 is 17.3 Å². The first-order valence-corrected chi connectivity index (χ1v) is 6.63. The summed E-state index contributed by atoms with van der Waals surface area (Å²) in [7, 11) is 0. The molecule has 2 heterocycles. The van der Waals surface area contributed by atoms with Crippen molar-refractivity contribution < 1.29 is 13.2 Å². The molecule has 0 aliphatic heterocycles. The summed E-state index contributed by atoms with van der Waals surface area (Å²) >= 11 is 0. The van der Waals surface area contributed by atoms with Crippen molar-refractivity contribution in [3.8, 4) is 0 Å². The highest BCUT2D eigenvalue weighted by Gasteiger charge is 2.29. The molecule has 1 N–H and O–H groups in total. The predicted molar refractivity (Wildman–Crippen MR) is 78.4 cm³/mol. The average molecular weight is 334 g/mol. The first-order chi connectivity index (χ1) is 11.5. The molecule has 0 fully saturated rings. The first kappa shape index (κ1) is 15.6. The molecular formula is C13H9F3N8. The topological polar surface area (TPSA) is 104 Å². The van der Waals surface area contributed by atoms with Crippen LogP contribution in [0.5, 0.6) is 0 Å². The molecule has 0 bridgehead atoms. The van der Waals surface area contributed by atoms with E-state index in [1.807, 2.05) is 0 Å². The lowest BCUT2D eigenvalue weighted by Gasteiger charge is -2.07. The molecule has 0 amide bonds. The van der Waals surface area contributed by atoms with Crippen LogP contribution >= 0.6 is 0 Å². The maximum Gasteiger partial charge on any atom is 0.416 e. The minimum atomic E-state index is -4.39. The third-order valence-corrected chi connectivity index (χ3v) is 3.07. The summed E-state index contributed by atoms with van der Waals surface area (Å²) in [5.74, 6) is 0.572. The summed E-state index contributed by atoms with van der Waals surface area (Å²) in [6, 6.07) is 6.10. The standard InChI is InChI=1S/C13H9F3N8/c14-13(15,16)8-1-3-9(4-2-8)20-12-21-10-5-6-18-11(7-19-23-17)24(10)22-12/h1-6H,7H2,(H,20,22). The molecule has 1 aromatic carbocycles. The lowest BCUT2D eigenvalue weighted by Crippen LogP contribution is -2.04. The Bertz CT molecular complexity index is 909. The third kappa shape index (κ3) is 3.20. The van der Waals surface area contributed by atoms with Crippen molar-refractivity contribution in [2.45, 2.75) is 12.7 Å². The lowest BCUT2D eigenvalue weighted by molar-refractivity contribution is -0.137. The smallest absolute Gasteiger partial charge is 0.323 e. The van der Waals surface area contributed by atoms with E-state index >= 15 is 0 Å². The van der Waals surface area contributed by atoms with Crippen LogP contribution in [0.2, 0.25) is 0 Å². The number of fused-ring (bicyclic) bond motifs is 1. The van der Waals surface area contributed by atoms with E-state index < -0.39 is 11.7 Å². The number of benzene rings is 1. The normalized spacial score (nSPS) is 11.3. The number of halogens is 3. The van der Waals surface area contributed by atoms with Crippen molar-refractivity contribution in [2.24, 2.45) is 5.11 Å². The number of alkyl halides is 3. The lowest BCUT2D eigenvalue weighted by atomic mass is 10.2. The van der Waals surface area contributed by atoms with Gasteiger partial charge in [0.2, 0.25) is 5.95 Å². The SMILES string of the molecule is [N-]=[N+]=NCc1nccc2nc(Nc3ccc(C(F)(F)F)cc3)nn12. The number of hydrogen-bond acceptors (Lipinski definition) is 5. The van der Waals surface area contributed by atoms with Crippen LogP contribution in [-0.2, 0) is 12.7 Å². The summed E-state index contributed by atoms with van der Waals surface area (Å²) in [4.78, 5) is 10.9. The quantitative estimate of drug-likeness (QED) is 0.446. The molecule has 0 atom stereocenters. The predicted octanol–water partition coefficient (Wildman–Crippen LogP) is 3.70. The van der Waals surface area contributed by atoms with Crippen molar-refractivity contribution in [2.75, 3.05) is 5.32 Å². The number of aromatic nitrogens is 4. The summed E-state index contributed by atoms with van der Waals surface area (Å²) in [5, 5.41) is 10.4. The van der Waals surface area contributed by atoms with E-state index in [-0.39, 0.29) is 12.5 Å². The highest BCUT2D eigenvalue weighted by atomic mass is 19.4. The van der Waals surface area contributed by atoms with E-state index in [0.717, 1.165) is 12.1 Å². The fraction of sp³-hybridized carbons (Fsp3) is 0.154. The van der Waals surface area contributed by atoms with Gasteiger partial charge in [-0.3, -0.25) is 0 Å². The van der Waals surface area contributed by atoms with Gasteiger partial charge < -0.3 is 5.32 Å². The van der Waals surface area contributed by atoms with E-state index in [1.165, 1.54) is 22.8 Å². The number of azide groups is 1. The Balaban J connectivity index is 1.86. The van der Waals surface area contributed by atoms with Crippen LogP contribution in [0.25, 0.3) is 16.1 Å². The van der Waals surface area contributed by atoms with Gasteiger partial charge in [-0.25, -0.2) is 4.98 Å². The zero-order valence-corrected chi connectivity index (χ0v) is 11.9. The summed E-state index contributed by atoms with van der Waals surface area (Å²) in [6.45, 7) is -0.00306. The zero-order valence-electron chi connectivity index (χ0n) is 11.9. The Hall–Kier alpha value is -3.33. The van der Waals surface area contributed by atoms with Crippen LogP contribution in [0, 0.1) is 0 Å². The highest BCUT2D eigenvalue weighted by Crippen LogP contribution is 2.30. The molecule has 0 aliphatic rings. The van der Waals surface area contributed by atoms with Gasteiger partial charge in [0.05, 0.1) is 12.1 Å². The molecule has 3 rings (SSSR count). The molecule has 3 aromatic rings. The molecule has 0 saturated carbocycles. The molecule has 0 aliphatic carbocycles. The molecule has 0 unspecified atom stereocenters. The van der Waals surface area contributed by atoms with E-state index in [0.29, 0.717) is 17.2 Å². The van der Waals surface area contributed by atoms with Gasteiger partial charge in [-0.1, -0.05) is 5.11 Å². The van der Waals surface area contributed by atoms with E-state index in [9.17, 15) is 13.2 Å². The molecule has 11 heteroatoms. The Kier molecular flexibility index (Phi) is 3.92. The van der Waals surface area contributed by atoms with Crippen LogP contribution in [-0.4, -0.2) is 19.6 Å². The van der Waals surface area contributed by atoms with Crippen LogP contribution in [0.1, 0.15) is 11.4 Å². The molecule has 0 radical (unpaired) electrons. The van der Waals surface area contributed by atoms with Crippen molar-refractivity contribution in [3.05, 3.63) is 58.4 Å².